The van der Waals surface area contributed by atoms with Crippen LogP contribution in [0.15, 0.2) is 48.5 Å². The number of carboxylic acid groups (broad SMARTS) is 1. The zero-order valence-electron chi connectivity index (χ0n) is 19.8. The normalized spacial score (nSPS) is 16.7. The number of hydrogen-bond acceptors (Lipinski definition) is 4. The first-order valence-corrected chi connectivity index (χ1v) is 11.8. The van der Waals surface area contributed by atoms with E-state index in [1.54, 1.807) is 0 Å². The van der Waals surface area contributed by atoms with E-state index in [0.717, 1.165) is 35.1 Å². The molecular formula is C27H32N2O5. The fourth-order valence-electron chi connectivity index (χ4n) is 4.72. The number of amides is 2. The van der Waals surface area contributed by atoms with Crippen molar-refractivity contribution in [2.45, 2.75) is 58.0 Å². The maximum absolute atomic E-state index is 13.1. The fourth-order valence-corrected chi connectivity index (χ4v) is 4.72. The summed E-state index contributed by atoms with van der Waals surface area (Å²) in [5, 5.41) is 14.8. The Balaban J connectivity index is 1.42. The Morgan fingerprint density at radius 1 is 0.971 bits per heavy atom. The van der Waals surface area contributed by atoms with Crippen molar-refractivity contribution >= 4 is 18.0 Å². The smallest absolute Gasteiger partial charge is 0.407 e. The molecule has 4 rings (SSSR count). The molecule has 2 aliphatic carbocycles. The molecule has 7 heteroatoms. The van der Waals surface area contributed by atoms with E-state index in [1.165, 1.54) is 0 Å². The highest BCUT2D eigenvalue weighted by Gasteiger charge is 2.39. The standard InChI is InChI=1S/C27H32N2O5/c1-27(2,3)24(25(32)28-22(14-23(30)31)16-12-13-16)29-26(33)34-15-21-19-10-6-4-8-17(19)18-9-5-7-11-20(18)21/h4-11,16,21-22,24H,12-15H2,1-3H3,(H,28,32)(H,29,33)(H,30,31). The zero-order valence-corrected chi connectivity index (χ0v) is 19.8. The van der Waals surface area contributed by atoms with Gasteiger partial charge >= 0.3 is 12.1 Å². The van der Waals surface area contributed by atoms with E-state index in [1.807, 2.05) is 57.2 Å². The van der Waals surface area contributed by atoms with Crippen molar-refractivity contribution in [1.29, 1.82) is 0 Å². The molecule has 0 spiro atoms. The Morgan fingerprint density at radius 3 is 2.03 bits per heavy atom. The molecule has 2 amide bonds. The summed E-state index contributed by atoms with van der Waals surface area (Å²) in [6, 6.07) is 14.9. The van der Waals surface area contributed by atoms with Crippen LogP contribution in [0, 0.1) is 11.3 Å². The number of nitrogens with one attached hydrogen (secondary N) is 2. The Hall–Kier alpha value is -3.35. The quantitative estimate of drug-likeness (QED) is 0.540. The highest BCUT2D eigenvalue weighted by atomic mass is 16.5. The zero-order chi connectivity index (χ0) is 24.5. The van der Waals surface area contributed by atoms with Crippen molar-refractivity contribution in [2.75, 3.05) is 6.61 Å². The molecule has 180 valence electrons. The van der Waals surface area contributed by atoms with E-state index in [0.29, 0.717) is 0 Å². The van der Waals surface area contributed by atoms with Gasteiger partial charge in [0.15, 0.2) is 0 Å². The second-order valence-electron chi connectivity index (χ2n) is 10.3. The summed E-state index contributed by atoms with van der Waals surface area (Å²) in [5.74, 6) is -1.24. The number of carboxylic acids is 1. The monoisotopic (exact) mass is 464 g/mol. The highest BCUT2D eigenvalue weighted by molar-refractivity contribution is 5.87. The molecule has 1 saturated carbocycles. The van der Waals surface area contributed by atoms with Crippen LogP contribution in [0.5, 0.6) is 0 Å². The Labute approximate surface area is 199 Å². The Kier molecular flexibility index (Phi) is 6.64. The van der Waals surface area contributed by atoms with Crippen molar-refractivity contribution in [1.82, 2.24) is 10.6 Å². The third-order valence-corrected chi connectivity index (χ3v) is 6.65. The first-order chi connectivity index (χ1) is 16.1. The molecule has 0 heterocycles. The van der Waals surface area contributed by atoms with Gasteiger partial charge in [-0.05, 0) is 46.4 Å². The minimum atomic E-state index is -0.950. The Morgan fingerprint density at radius 2 is 1.53 bits per heavy atom. The van der Waals surface area contributed by atoms with Gasteiger partial charge in [0.1, 0.15) is 12.6 Å². The molecular weight excluding hydrogens is 432 g/mol. The predicted octanol–water partition coefficient (Wildman–Crippen LogP) is 4.31. The van der Waals surface area contributed by atoms with Crippen molar-refractivity contribution in [3.63, 3.8) is 0 Å². The third-order valence-electron chi connectivity index (χ3n) is 6.65. The van der Waals surface area contributed by atoms with Crippen LogP contribution in [-0.2, 0) is 14.3 Å². The summed E-state index contributed by atoms with van der Waals surface area (Å²) in [4.78, 5) is 37.1. The lowest BCUT2D eigenvalue weighted by Gasteiger charge is -2.31. The van der Waals surface area contributed by atoms with E-state index in [2.05, 4.69) is 22.8 Å². The maximum Gasteiger partial charge on any atom is 0.407 e. The fraction of sp³-hybridized carbons (Fsp3) is 0.444. The van der Waals surface area contributed by atoms with E-state index in [4.69, 9.17) is 4.74 Å². The van der Waals surface area contributed by atoms with Gasteiger partial charge in [-0.25, -0.2) is 4.79 Å². The number of fused-ring (bicyclic) bond motifs is 3. The van der Waals surface area contributed by atoms with Crippen LogP contribution in [0.4, 0.5) is 4.79 Å². The van der Waals surface area contributed by atoms with Crippen LogP contribution >= 0.6 is 0 Å². The molecule has 3 N–H and O–H groups in total. The molecule has 1 fully saturated rings. The molecule has 0 radical (unpaired) electrons. The number of aliphatic carboxylic acids is 1. The summed E-state index contributed by atoms with van der Waals surface area (Å²) in [6.45, 7) is 5.71. The summed E-state index contributed by atoms with van der Waals surface area (Å²) in [5.41, 5.74) is 3.92. The molecule has 0 aliphatic heterocycles. The SMILES string of the molecule is CC(C)(C)C(NC(=O)OCC1c2ccccc2-c2ccccc21)C(=O)NC(CC(=O)O)C1CC1. The van der Waals surface area contributed by atoms with Gasteiger partial charge in [0, 0.05) is 12.0 Å². The second kappa shape index (κ2) is 9.49. The maximum atomic E-state index is 13.1. The molecule has 2 aromatic rings. The van der Waals surface area contributed by atoms with Gasteiger partial charge in [-0.2, -0.15) is 0 Å². The highest BCUT2D eigenvalue weighted by Crippen LogP contribution is 2.44. The van der Waals surface area contributed by atoms with Gasteiger partial charge in [0.2, 0.25) is 5.91 Å². The predicted molar refractivity (Wildman–Crippen MR) is 128 cm³/mol. The van der Waals surface area contributed by atoms with Gasteiger partial charge in [-0.15, -0.1) is 0 Å². The minimum absolute atomic E-state index is 0.0742. The summed E-state index contributed by atoms with van der Waals surface area (Å²) in [7, 11) is 0. The molecule has 0 aromatic heterocycles. The molecule has 2 atom stereocenters. The van der Waals surface area contributed by atoms with Crippen LogP contribution in [0.3, 0.4) is 0 Å². The average Bonchev–Trinajstić information content (AvgIpc) is 3.57. The lowest BCUT2D eigenvalue weighted by atomic mass is 9.86. The van der Waals surface area contributed by atoms with Crippen LogP contribution in [-0.4, -0.2) is 41.8 Å². The molecule has 0 bridgehead atoms. The largest absolute Gasteiger partial charge is 0.481 e. The number of alkyl carbamates (subject to hydrolysis) is 1. The second-order valence-corrected chi connectivity index (χ2v) is 10.3. The molecule has 2 unspecified atom stereocenters. The van der Waals surface area contributed by atoms with Crippen LogP contribution in [0.25, 0.3) is 11.1 Å². The molecule has 2 aromatic carbocycles. The molecule has 0 saturated heterocycles. The van der Waals surface area contributed by atoms with Gasteiger partial charge < -0.3 is 20.5 Å². The van der Waals surface area contributed by atoms with Crippen LogP contribution in [0.1, 0.15) is 57.1 Å². The minimum Gasteiger partial charge on any atom is -0.481 e. The molecule has 7 nitrogen and oxygen atoms in total. The lowest BCUT2D eigenvalue weighted by molar-refractivity contribution is -0.138. The summed E-state index contributed by atoms with van der Waals surface area (Å²) >= 11 is 0. The first-order valence-electron chi connectivity index (χ1n) is 11.8. The number of hydrogen-bond donors (Lipinski definition) is 3. The van der Waals surface area contributed by atoms with E-state index >= 15 is 0 Å². The van der Waals surface area contributed by atoms with E-state index in [-0.39, 0.29) is 30.8 Å². The van der Waals surface area contributed by atoms with Crippen molar-refractivity contribution in [3.8, 4) is 11.1 Å². The van der Waals surface area contributed by atoms with Crippen molar-refractivity contribution in [2.24, 2.45) is 11.3 Å². The number of carbonyl (C=O) groups excluding carboxylic acids is 2. The van der Waals surface area contributed by atoms with Crippen LogP contribution in [0.2, 0.25) is 0 Å². The van der Waals surface area contributed by atoms with Crippen LogP contribution < -0.4 is 10.6 Å². The number of carbonyl (C=O) groups is 3. The van der Waals surface area contributed by atoms with Gasteiger partial charge in [0.05, 0.1) is 6.42 Å². The average molecular weight is 465 g/mol. The number of rotatable bonds is 8. The Bertz CT molecular complexity index is 1040. The summed E-state index contributed by atoms with van der Waals surface area (Å²) < 4.78 is 5.62. The van der Waals surface area contributed by atoms with Gasteiger partial charge in [-0.3, -0.25) is 9.59 Å². The molecule has 2 aliphatic rings. The number of benzene rings is 2. The topological polar surface area (TPSA) is 105 Å². The lowest BCUT2D eigenvalue weighted by Crippen LogP contribution is -2.56. The number of ether oxygens (including phenoxy) is 1. The van der Waals surface area contributed by atoms with Gasteiger partial charge in [0.25, 0.3) is 0 Å². The van der Waals surface area contributed by atoms with Crippen molar-refractivity contribution < 1.29 is 24.2 Å². The van der Waals surface area contributed by atoms with Crippen molar-refractivity contribution in [3.05, 3.63) is 59.7 Å². The van der Waals surface area contributed by atoms with E-state index in [9.17, 15) is 19.5 Å². The van der Waals surface area contributed by atoms with E-state index < -0.39 is 29.6 Å². The van der Waals surface area contributed by atoms with Gasteiger partial charge in [-0.1, -0.05) is 69.3 Å². The first kappa shape index (κ1) is 23.8. The third kappa shape index (κ3) is 5.24. The molecule has 34 heavy (non-hydrogen) atoms. The summed E-state index contributed by atoms with van der Waals surface area (Å²) in [6.07, 6.45) is 1.01.